The van der Waals surface area contributed by atoms with Crippen LogP contribution in [0.5, 0.6) is 17.2 Å². The molecular weight excluding hydrogens is 663 g/mol. The predicted octanol–water partition coefficient (Wildman–Crippen LogP) is 13.5. The van der Waals surface area contributed by atoms with Gasteiger partial charge in [0.25, 0.3) is 0 Å². The Kier molecular flexibility index (Phi) is 7.69. The van der Waals surface area contributed by atoms with E-state index in [1.807, 2.05) is 42.5 Å². The summed E-state index contributed by atoms with van der Waals surface area (Å²) in [6.45, 7) is 2.29. The summed E-state index contributed by atoms with van der Waals surface area (Å²) in [5, 5.41) is 4.60. The Morgan fingerprint density at radius 3 is 2.22 bits per heavy atom. The van der Waals surface area contributed by atoms with Crippen LogP contribution < -0.4 is 9.47 Å². The van der Waals surface area contributed by atoms with E-state index in [1.54, 1.807) is 7.11 Å². The van der Waals surface area contributed by atoms with Crippen molar-refractivity contribution in [2.24, 2.45) is 5.92 Å². The van der Waals surface area contributed by atoms with Gasteiger partial charge in [0.15, 0.2) is 0 Å². The van der Waals surface area contributed by atoms with Gasteiger partial charge >= 0.3 is 0 Å². The molecule has 4 nitrogen and oxygen atoms in total. The van der Waals surface area contributed by atoms with Gasteiger partial charge in [-0.1, -0.05) is 116 Å². The number of hydrogen-bond donors (Lipinski definition) is 0. The zero-order chi connectivity index (χ0) is 36.2. The summed E-state index contributed by atoms with van der Waals surface area (Å²) in [5.74, 6) is 2.89. The third-order valence-corrected chi connectivity index (χ3v) is 10.9. The minimum Gasteiger partial charge on any atom is -0.497 e. The second-order valence-electron chi connectivity index (χ2n) is 14.1. The van der Waals surface area contributed by atoms with Gasteiger partial charge in [0.05, 0.1) is 18.1 Å². The van der Waals surface area contributed by atoms with E-state index in [9.17, 15) is 0 Å². The maximum absolute atomic E-state index is 6.77. The maximum Gasteiger partial charge on any atom is 0.139 e. The highest BCUT2D eigenvalue weighted by atomic mass is 16.5. The lowest BCUT2D eigenvalue weighted by atomic mass is 9.79. The van der Waals surface area contributed by atoms with E-state index in [2.05, 4.69) is 145 Å². The highest BCUT2D eigenvalue weighted by Crippen LogP contribution is 2.43. The fraction of sp³-hybridized carbons (Fsp3) is 0.0800. The summed E-state index contributed by atoms with van der Waals surface area (Å²) in [7, 11) is 1.72. The summed E-state index contributed by atoms with van der Waals surface area (Å²) < 4.78 is 20.9. The number of allylic oxidation sites excluding steroid dienone is 4. The van der Waals surface area contributed by atoms with Crippen LogP contribution in [-0.2, 0) is 0 Å². The Morgan fingerprint density at radius 1 is 0.574 bits per heavy atom. The minimum absolute atomic E-state index is 0.127. The molecule has 1 aliphatic rings. The molecule has 2 unspecified atom stereocenters. The predicted molar refractivity (Wildman–Crippen MR) is 222 cm³/mol. The zero-order valence-electron chi connectivity index (χ0n) is 30.1. The van der Waals surface area contributed by atoms with Gasteiger partial charge in [0.2, 0.25) is 0 Å². The Bertz CT molecular complexity index is 2930. The lowest BCUT2D eigenvalue weighted by molar-refractivity contribution is 0.415. The molecule has 0 bridgehead atoms. The van der Waals surface area contributed by atoms with E-state index in [1.165, 1.54) is 27.5 Å². The first-order chi connectivity index (χ1) is 26.6. The van der Waals surface area contributed by atoms with Gasteiger partial charge in [0.1, 0.15) is 28.4 Å². The summed E-state index contributed by atoms with van der Waals surface area (Å²) in [4.78, 5) is 0. The van der Waals surface area contributed by atoms with E-state index in [0.29, 0.717) is 0 Å². The van der Waals surface area contributed by atoms with Gasteiger partial charge < -0.3 is 18.5 Å². The molecule has 54 heavy (non-hydrogen) atoms. The Balaban J connectivity index is 1.05. The standard InChI is InChI=1S/C50H37NO3/c1-32-22-23-34(40-17-7-6-16-39(40)33-12-10-15-38(28-33)53-36-13-4-3-5-14-36)29-44(32)42-19-11-20-43-46-30-35(24-27-49(46)54-50(42)43)51-47-21-9-8-18-41(47)45-31-37(52-2)25-26-48(45)51/h3-32,44H,1-2H3. The smallest absolute Gasteiger partial charge is 0.139 e. The number of benzene rings is 7. The van der Waals surface area contributed by atoms with Crippen molar-refractivity contribution in [1.29, 1.82) is 0 Å². The summed E-state index contributed by atoms with van der Waals surface area (Å²) in [5.41, 5.74) is 11.1. The van der Waals surface area contributed by atoms with Crippen LogP contribution in [0.15, 0.2) is 180 Å². The van der Waals surface area contributed by atoms with Crippen molar-refractivity contribution in [2.75, 3.05) is 7.11 Å². The van der Waals surface area contributed by atoms with Crippen molar-refractivity contribution in [3.63, 3.8) is 0 Å². The molecule has 0 saturated heterocycles. The van der Waals surface area contributed by atoms with E-state index < -0.39 is 0 Å². The van der Waals surface area contributed by atoms with E-state index >= 15 is 0 Å². The van der Waals surface area contributed by atoms with Crippen molar-refractivity contribution in [1.82, 2.24) is 4.57 Å². The molecule has 0 fully saturated rings. The van der Waals surface area contributed by atoms with Gasteiger partial charge in [-0.05, 0) is 94.9 Å². The van der Waals surface area contributed by atoms with Crippen LogP contribution >= 0.6 is 0 Å². The molecule has 2 heterocycles. The van der Waals surface area contributed by atoms with E-state index in [0.717, 1.165) is 67.0 Å². The van der Waals surface area contributed by atoms with Crippen LogP contribution in [-0.4, -0.2) is 11.7 Å². The summed E-state index contributed by atoms with van der Waals surface area (Å²) >= 11 is 0. The van der Waals surface area contributed by atoms with Crippen LogP contribution in [0.2, 0.25) is 0 Å². The van der Waals surface area contributed by atoms with Gasteiger partial charge in [-0.25, -0.2) is 0 Å². The number of rotatable bonds is 7. The molecule has 1 aliphatic carbocycles. The first-order valence-corrected chi connectivity index (χ1v) is 18.5. The number of ether oxygens (including phenoxy) is 2. The molecule has 2 atom stereocenters. The molecule has 0 saturated carbocycles. The van der Waals surface area contributed by atoms with E-state index in [-0.39, 0.29) is 11.8 Å². The van der Waals surface area contributed by atoms with Crippen molar-refractivity contribution in [3.8, 4) is 34.1 Å². The van der Waals surface area contributed by atoms with Crippen molar-refractivity contribution < 1.29 is 13.9 Å². The normalized spacial score (nSPS) is 15.6. The van der Waals surface area contributed by atoms with Crippen LogP contribution in [0.4, 0.5) is 0 Å². The highest BCUT2D eigenvalue weighted by Gasteiger charge is 2.25. The lowest BCUT2D eigenvalue weighted by Gasteiger charge is -2.25. The number of hydrogen-bond acceptors (Lipinski definition) is 3. The minimum atomic E-state index is 0.127. The molecule has 260 valence electrons. The largest absolute Gasteiger partial charge is 0.497 e. The number of methoxy groups -OCH3 is 1. The van der Waals surface area contributed by atoms with E-state index in [4.69, 9.17) is 13.9 Å². The molecule has 0 spiro atoms. The van der Waals surface area contributed by atoms with Gasteiger partial charge in [-0.15, -0.1) is 0 Å². The Morgan fingerprint density at radius 2 is 1.33 bits per heavy atom. The molecular formula is C50H37NO3. The molecule has 9 aromatic rings. The molecule has 0 aliphatic heterocycles. The molecule has 0 radical (unpaired) electrons. The van der Waals surface area contributed by atoms with Crippen LogP contribution in [0, 0.1) is 5.92 Å². The fourth-order valence-electron chi connectivity index (χ4n) is 8.23. The summed E-state index contributed by atoms with van der Waals surface area (Å²) in [6.07, 6.45) is 7.03. The number of nitrogens with zero attached hydrogens (tertiary/aromatic N) is 1. The third kappa shape index (κ3) is 5.38. The van der Waals surface area contributed by atoms with Crippen molar-refractivity contribution >= 4 is 49.3 Å². The SMILES string of the molecule is COc1ccc2c(c1)c1ccccc1n2-c1ccc2oc3c(C4C=C(c5ccccc5-c5cccc(Oc6ccccc6)c5)C=CC4C)cccc3c2c1. The summed E-state index contributed by atoms with van der Waals surface area (Å²) in [6, 6.07) is 55.0. The number of aromatic nitrogens is 1. The Hall–Kier alpha value is -6.78. The number of fused-ring (bicyclic) bond motifs is 6. The van der Waals surface area contributed by atoms with Crippen molar-refractivity contribution in [2.45, 2.75) is 12.8 Å². The van der Waals surface area contributed by atoms with Crippen molar-refractivity contribution in [3.05, 3.63) is 187 Å². The average molecular weight is 700 g/mol. The van der Waals surface area contributed by atoms with Crippen LogP contribution in [0.3, 0.4) is 0 Å². The monoisotopic (exact) mass is 699 g/mol. The molecule has 0 amide bonds. The number of para-hydroxylation sites is 3. The first-order valence-electron chi connectivity index (χ1n) is 18.5. The second kappa shape index (κ2) is 13.0. The first kappa shape index (κ1) is 31.9. The van der Waals surface area contributed by atoms with Gasteiger partial charge in [-0.2, -0.15) is 0 Å². The van der Waals surface area contributed by atoms with Crippen LogP contribution in [0.25, 0.3) is 66.1 Å². The third-order valence-electron chi connectivity index (χ3n) is 10.9. The molecule has 10 rings (SSSR count). The quantitative estimate of drug-likeness (QED) is 0.166. The Labute approximate surface area is 313 Å². The second-order valence-corrected chi connectivity index (χ2v) is 14.1. The van der Waals surface area contributed by atoms with Gasteiger partial charge in [0, 0.05) is 38.7 Å². The zero-order valence-corrected chi connectivity index (χ0v) is 30.1. The molecule has 7 aromatic carbocycles. The average Bonchev–Trinajstić information content (AvgIpc) is 3.77. The maximum atomic E-state index is 6.77. The highest BCUT2D eigenvalue weighted by molar-refractivity contribution is 6.11. The topological polar surface area (TPSA) is 36.5 Å². The molecule has 4 heteroatoms. The number of furan rings is 1. The molecule has 2 aromatic heterocycles. The lowest BCUT2D eigenvalue weighted by Crippen LogP contribution is -2.09. The fourth-order valence-corrected chi connectivity index (χ4v) is 8.23. The van der Waals surface area contributed by atoms with Gasteiger partial charge in [-0.3, -0.25) is 0 Å². The van der Waals surface area contributed by atoms with Crippen LogP contribution in [0.1, 0.15) is 24.0 Å². The molecule has 0 N–H and O–H groups in total.